The van der Waals surface area contributed by atoms with Gasteiger partial charge in [-0.3, -0.25) is 9.59 Å². The first-order valence-electron chi connectivity index (χ1n) is 23.3. The number of imidazole rings is 2. The molecule has 5 aromatic rings. The number of amides is 4. The standard InChI is InChI=1S/C49H60N8O9/c1-7-31-12-16-38(57(31)47(59)43(39(8-2)62-4)55-49(61)64-6)45-51-35-14-11-28-22-34-32-13-10-29(21-30(32)25-66-40(34)23-33(28)42(35)53-45)36-24-50-44(52-36)37-15-9-26(3)56(37)46(58)41(54-48(60)63-5)27-17-19-65-20-18-27/h10-11,13-14,21-24,26-27,31,37-39,41,43H,7-9,12,15-20,25H2,1-6H3,(H,50,52)(H,51,53)(H,54,60)(H,55,61)/t26-,31-,37-,38-,39+,41-,43?/m0/s1. The molecular formula is C49H60N8O9. The number of nitrogens with zero attached hydrogens (tertiary/aromatic N) is 4. The van der Waals surface area contributed by atoms with Crippen LogP contribution in [0.25, 0.3) is 44.2 Å². The molecule has 3 saturated heterocycles. The first kappa shape index (κ1) is 45.0. The third-order valence-electron chi connectivity index (χ3n) is 14.3. The van der Waals surface area contributed by atoms with E-state index in [0.29, 0.717) is 50.7 Å². The summed E-state index contributed by atoms with van der Waals surface area (Å²) in [5.74, 6) is 1.75. The molecule has 3 fully saturated rings. The van der Waals surface area contributed by atoms with E-state index in [1.807, 2.05) is 35.9 Å². The number of carbonyl (C=O) groups is 4. The lowest BCUT2D eigenvalue weighted by molar-refractivity contribution is -0.140. The predicted molar refractivity (Wildman–Crippen MR) is 245 cm³/mol. The molecule has 17 heteroatoms. The molecule has 0 radical (unpaired) electrons. The Labute approximate surface area is 383 Å². The maximum atomic E-state index is 14.4. The maximum absolute atomic E-state index is 14.4. The van der Waals surface area contributed by atoms with Crippen molar-refractivity contribution in [2.45, 2.75) is 121 Å². The number of likely N-dealkylation sites (tertiary alicyclic amines) is 2. The number of rotatable bonds is 12. The lowest BCUT2D eigenvalue weighted by atomic mass is 9.90. The van der Waals surface area contributed by atoms with Gasteiger partial charge >= 0.3 is 12.2 Å². The van der Waals surface area contributed by atoms with Gasteiger partial charge in [-0.25, -0.2) is 19.6 Å². The highest BCUT2D eigenvalue weighted by Gasteiger charge is 2.45. The van der Waals surface area contributed by atoms with E-state index >= 15 is 0 Å². The van der Waals surface area contributed by atoms with Gasteiger partial charge in [0.05, 0.1) is 55.3 Å². The van der Waals surface area contributed by atoms with Crippen LogP contribution in [0.2, 0.25) is 0 Å². The van der Waals surface area contributed by atoms with Gasteiger partial charge in [0.2, 0.25) is 11.8 Å². The number of carbonyl (C=O) groups excluding carboxylic acids is 4. The van der Waals surface area contributed by atoms with Gasteiger partial charge < -0.3 is 54.1 Å². The van der Waals surface area contributed by atoms with Crippen LogP contribution in [-0.4, -0.2) is 119 Å². The maximum Gasteiger partial charge on any atom is 0.407 e. The zero-order chi connectivity index (χ0) is 46.2. The molecule has 0 spiro atoms. The highest BCUT2D eigenvalue weighted by atomic mass is 16.5. The van der Waals surface area contributed by atoms with Crippen molar-refractivity contribution in [1.29, 1.82) is 0 Å². The third-order valence-corrected chi connectivity index (χ3v) is 14.3. The minimum Gasteiger partial charge on any atom is -0.488 e. The Morgan fingerprint density at radius 2 is 1.59 bits per heavy atom. The molecule has 350 valence electrons. The minimum absolute atomic E-state index is 0.0317. The van der Waals surface area contributed by atoms with Crippen LogP contribution in [0.1, 0.15) is 101 Å². The number of nitrogens with one attached hydrogen (secondary N) is 4. The molecule has 0 saturated carbocycles. The summed E-state index contributed by atoms with van der Waals surface area (Å²) in [6, 6.07) is 12.4. The van der Waals surface area contributed by atoms with Crippen LogP contribution in [0, 0.1) is 5.92 Å². The van der Waals surface area contributed by atoms with Crippen LogP contribution in [0.15, 0.2) is 48.7 Å². The van der Waals surface area contributed by atoms with E-state index < -0.39 is 30.4 Å². The number of aromatic amines is 2. The first-order chi connectivity index (χ1) is 32.0. The SMILES string of the molecule is CC[C@H]1CC[C@@H](c2nc3c(ccc4cc5c(cc43)OCc3cc(-c4cnc([C@@H]6CC[C@H](C)N6C(=O)[C@@H](NC(=O)OC)C6CCOCC6)[nH]4)ccc3-5)[nH]2)N1C(=O)C(NC(=O)OC)[C@@H](CC)OC. The number of benzene rings is 3. The van der Waals surface area contributed by atoms with Gasteiger partial charge in [-0.1, -0.05) is 32.0 Å². The van der Waals surface area contributed by atoms with Crippen molar-refractivity contribution in [2.75, 3.05) is 34.5 Å². The van der Waals surface area contributed by atoms with Gasteiger partial charge in [-0.15, -0.1) is 0 Å². The first-order valence-corrected chi connectivity index (χ1v) is 23.3. The number of hydrogen-bond acceptors (Lipinski definition) is 11. The summed E-state index contributed by atoms with van der Waals surface area (Å²) in [6.45, 7) is 7.49. The molecule has 3 aromatic carbocycles. The van der Waals surface area contributed by atoms with Crippen LogP contribution < -0.4 is 15.4 Å². The van der Waals surface area contributed by atoms with Crippen molar-refractivity contribution in [3.8, 4) is 28.1 Å². The fourth-order valence-corrected chi connectivity index (χ4v) is 10.8. The highest BCUT2D eigenvalue weighted by Crippen LogP contribution is 2.44. The fourth-order valence-electron chi connectivity index (χ4n) is 10.8. The molecule has 0 bridgehead atoms. The lowest BCUT2D eigenvalue weighted by Gasteiger charge is -2.36. The minimum atomic E-state index is -0.921. The molecule has 4 aliphatic rings. The molecule has 0 aliphatic carbocycles. The zero-order valence-electron chi connectivity index (χ0n) is 38.5. The average Bonchev–Trinajstić information content (AvgIpc) is 4.18. The molecule has 4 N–H and O–H groups in total. The quantitative estimate of drug-likeness (QED) is 0.0968. The average molecular weight is 905 g/mol. The number of ether oxygens (including phenoxy) is 5. The molecular weight excluding hydrogens is 845 g/mol. The number of aromatic nitrogens is 4. The van der Waals surface area contributed by atoms with Crippen LogP contribution in [0.3, 0.4) is 0 Å². The number of H-pyrrole nitrogens is 2. The fraction of sp³-hybridized carbons (Fsp3) is 0.510. The Balaban J connectivity index is 0.966. The van der Waals surface area contributed by atoms with E-state index in [2.05, 4.69) is 63.9 Å². The van der Waals surface area contributed by atoms with E-state index in [4.69, 9.17) is 33.7 Å². The lowest BCUT2D eigenvalue weighted by Crippen LogP contribution is -2.56. The zero-order valence-corrected chi connectivity index (χ0v) is 38.5. The Kier molecular flexibility index (Phi) is 12.9. The molecule has 4 aliphatic heterocycles. The van der Waals surface area contributed by atoms with Gasteiger partial charge in [0, 0.05) is 43.4 Å². The van der Waals surface area contributed by atoms with Crippen molar-refractivity contribution in [3.05, 3.63) is 65.9 Å². The smallest absolute Gasteiger partial charge is 0.407 e. The van der Waals surface area contributed by atoms with E-state index in [1.165, 1.54) is 14.2 Å². The van der Waals surface area contributed by atoms with Crippen LogP contribution in [-0.2, 0) is 35.1 Å². The summed E-state index contributed by atoms with van der Waals surface area (Å²) in [5, 5.41) is 7.52. The molecule has 6 heterocycles. The molecule has 66 heavy (non-hydrogen) atoms. The van der Waals surface area contributed by atoms with Gasteiger partial charge in [0.15, 0.2) is 0 Å². The van der Waals surface area contributed by atoms with Crippen molar-refractivity contribution >= 4 is 45.8 Å². The molecule has 4 amide bonds. The van der Waals surface area contributed by atoms with Crippen LogP contribution in [0.5, 0.6) is 5.75 Å². The van der Waals surface area contributed by atoms with Crippen molar-refractivity contribution in [1.82, 2.24) is 40.4 Å². The summed E-state index contributed by atoms with van der Waals surface area (Å²) in [4.78, 5) is 74.3. The normalized spacial score (nSPS) is 22.0. The Hall–Kier alpha value is -6.20. The Morgan fingerprint density at radius 1 is 0.833 bits per heavy atom. The van der Waals surface area contributed by atoms with E-state index in [9.17, 15) is 19.2 Å². The highest BCUT2D eigenvalue weighted by molar-refractivity contribution is 6.07. The second-order valence-corrected chi connectivity index (χ2v) is 17.9. The Bertz CT molecular complexity index is 2620. The Morgan fingerprint density at radius 3 is 2.33 bits per heavy atom. The summed E-state index contributed by atoms with van der Waals surface area (Å²) in [5.41, 5.74) is 6.53. The van der Waals surface area contributed by atoms with Gasteiger partial charge in [-0.2, -0.15) is 0 Å². The predicted octanol–water partition coefficient (Wildman–Crippen LogP) is 7.46. The summed E-state index contributed by atoms with van der Waals surface area (Å²) in [6.07, 6.45) is 5.69. The van der Waals surface area contributed by atoms with E-state index in [0.717, 1.165) is 87.6 Å². The number of fused-ring (bicyclic) bond motifs is 6. The molecule has 17 nitrogen and oxygen atoms in total. The van der Waals surface area contributed by atoms with Crippen LogP contribution >= 0.6 is 0 Å². The number of methoxy groups -OCH3 is 3. The van der Waals surface area contributed by atoms with Crippen molar-refractivity contribution < 1.29 is 42.9 Å². The number of alkyl carbamates (subject to hydrolysis) is 2. The van der Waals surface area contributed by atoms with Gasteiger partial charge in [0.25, 0.3) is 0 Å². The van der Waals surface area contributed by atoms with Gasteiger partial charge in [-0.05, 0) is 111 Å². The van der Waals surface area contributed by atoms with Crippen molar-refractivity contribution in [3.63, 3.8) is 0 Å². The van der Waals surface area contributed by atoms with Crippen LogP contribution in [0.4, 0.5) is 9.59 Å². The summed E-state index contributed by atoms with van der Waals surface area (Å²) < 4.78 is 27.5. The largest absolute Gasteiger partial charge is 0.488 e. The summed E-state index contributed by atoms with van der Waals surface area (Å²) >= 11 is 0. The second-order valence-electron chi connectivity index (χ2n) is 17.9. The second kappa shape index (κ2) is 19.0. The van der Waals surface area contributed by atoms with E-state index in [1.54, 1.807) is 7.11 Å². The monoisotopic (exact) mass is 904 g/mol. The van der Waals surface area contributed by atoms with E-state index in [-0.39, 0.29) is 41.9 Å². The van der Waals surface area contributed by atoms with Gasteiger partial charge in [0.1, 0.15) is 36.1 Å². The number of hydrogen-bond donors (Lipinski definition) is 4. The third kappa shape index (κ3) is 8.31. The molecule has 2 aromatic heterocycles. The van der Waals surface area contributed by atoms with Crippen molar-refractivity contribution in [2.24, 2.45) is 5.92 Å². The molecule has 7 atom stereocenters. The molecule has 9 rings (SSSR count). The topological polar surface area (TPSA) is 202 Å². The molecule has 1 unspecified atom stereocenters. The summed E-state index contributed by atoms with van der Waals surface area (Å²) in [7, 11) is 4.13.